The lowest BCUT2D eigenvalue weighted by molar-refractivity contribution is 0.259. The summed E-state index contributed by atoms with van der Waals surface area (Å²) < 4.78 is 26.2. The van der Waals surface area contributed by atoms with E-state index in [1.807, 2.05) is 31.2 Å². The molecule has 3 N–H and O–H groups in total. The molecule has 2 aromatic rings. The quantitative estimate of drug-likeness (QED) is 0.780. The number of nitrogens with one attached hydrogen (secondary N) is 3. The second kappa shape index (κ2) is 7.10. The van der Waals surface area contributed by atoms with Crippen LogP contribution >= 0.6 is 0 Å². The zero-order chi connectivity index (χ0) is 16.9. The molecule has 0 atom stereocenters. The maximum Gasteiger partial charge on any atom is 0.356 e. The van der Waals surface area contributed by atoms with Gasteiger partial charge in [0, 0.05) is 18.4 Å². The SMILES string of the molecule is CCNC(=O)S(=O)(=O)Nc1cnccc1Nc1cccc(C)c1. The lowest BCUT2D eigenvalue weighted by Crippen LogP contribution is -2.33. The molecule has 1 heterocycles. The number of aromatic nitrogens is 1. The van der Waals surface area contributed by atoms with Gasteiger partial charge in [-0.1, -0.05) is 12.1 Å². The van der Waals surface area contributed by atoms with Crippen molar-refractivity contribution in [3.8, 4) is 0 Å². The standard InChI is InChI=1S/C15H18N4O3S/c1-3-17-15(20)23(21,22)19-14-10-16-8-7-13(14)18-12-6-4-5-11(2)9-12/h4-10,19H,3H2,1-2H3,(H,16,18)(H,17,20). The van der Waals surface area contributed by atoms with Crippen LogP contribution in [0.4, 0.5) is 21.9 Å². The zero-order valence-electron chi connectivity index (χ0n) is 12.8. The van der Waals surface area contributed by atoms with Crippen LogP contribution in [0.2, 0.25) is 0 Å². The third-order valence-electron chi connectivity index (χ3n) is 2.93. The Labute approximate surface area is 135 Å². The molecule has 0 radical (unpaired) electrons. The number of amides is 1. The van der Waals surface area contributed by atoms with Crippen LogP contribution in [0.3, 0.4) is 0 Å². The van der Waals surface area contributed by atoms with Gasteiger partial charge in [-0.2, -0.15) is 8.42 Å². The number of hydrogen-bond donors (Lipinski definition) is 3. The minimum absolute atomic E-state index is 0.195. The van der Waals surface area contributed by atoms with Crippen molar-refractivity contribution in [1.82, 2.24) is 10.3 Å². The Hall–Kier alpha value is -2.61. The van der Waals surface area contributed by atoms with E-state index in [0.29, 0.717) is 5.69 Å². The molecule has 0 unspecified atom stereocenters. The first-order chi connectivity index (χ1) is 10.9. The molecule has 23 heavy (non-hydrogen) atoms. The molecule has 0 aliphatic carbocycles. The first kappa shape index (κ1) is 16.8. The number of carbonyl (C=O) groups is 1. The number of sulfonamides is 1. The fraction of sp³-hybridized carbons (Fsp3) is 0.200. The Morgan fingerprint density at radius 3 is 2.70 bits per heavy atom. The van der Waals surface area contributed by atoms with Gasteiger partial charge in [-0.3, -0.25) is 14.5 Å². The van der Waals surface area contributed by atoms with Gasteiger partial charge in [0.15, 0.2) is 0 Å². The molecule has 122 valence electrons. The number of hydrogen-bond acceptors (Lipinski definition) is 5. The molecule has 0 spiro atoms. The summed E-state index contributed by atoms with van der Waals surface area (Å²) in [4.78, 5) is 15.5. The monoisotopic (exact) mass is 334 g/mol. The maximum atomic E-state index is 12.0. The van der Waals surface area contributed by atoms with Crippen LogP contribution in [0.1, 0.15) is 12.5 Å². The molecule has 1 amide bonds. The molecule has 1 aromatic carbocycles. The molecule has 0 saturated heterocycles. The van der Waals surface area contributed by atoms with Crippen LogP contribution in [-0.4, -0.2) is 25.2 Å². The number of aryl methyl sites for hydroxylation is 1. The molecule has 8 heteroatoms. The molecule has 0 saturated carbocycles. The molecule has 1 aromatic heterocycles. The summed E-state index contributed by atoms with van der Waals surface area (Å²) in [6, 6.07) is 9.24. The minimum atomic E-state index is -4.18. The molecular weight excluding hydrogens is 316 g/mol. The molecular formula is C15H18N4O3S. The van der Waals surface area contributed by atoms with Crippen LogP contribution in [0.25, 0.3) is 0 Å². The van der Waals surface area contributed by atoms with Crippen molar-refractivity contribution >= 4 is 32.3 Å². The van der Waals surface area contributed by atoms with E-state index in [-0.39, 0.29) is 12.2 Å². The van der Waals surface area contributed by atoms with E-state index in [4.69, 9.17) is 0 Å². The Balaban J connectivity index is 2.26. The molecule has 0 aliphatic rings. The van der Waals surface area contributed by atoms with E-state index in [9.17, 15) is 13.2 Å². The Bertz CT molecular complexity index is 806. The van der Waals surface area contributed by atoms with Gasteiger partial charge in [-0.25, -0.2) is 0 Å². The summed E-state index contributed by atoms with van der Waals surface area (Å²) in [5.74, 6) is 0. The molecule has 2 rings (SSSR count). The third-order valence-corrected chi connectivity index (χ3v) is 4.05. The number of pyridine rings is 1. The molecule has 7 nitrogen and oxygen atoms in total. The third kappa shape index (κ3) is 4.43. The number of anilines is 3. The number of benzene rings is 1. The Kier molecular flexibility index (Phi) is 5.17. The van der Waals surface area contributed by atoms with Gasteiger partial charge in [-0.05, 0) is 37.6 Å². The van der Waals surface area contributed by atoms with Crippen molar-refractivity contribution in [2.45, 2.75) is 13.8 Å². The van der Waals surface area contributed by atoms with Crippen molar-refractivity contribution in [3.63, 3.8) is 0 Å². The summed E-state index contributed by atoms with van der Waals surface area (Å²) in [6.07, 6.45) is 2.87. The normalized spacial score (nSPS) is 10.9. The van der Waals surface area contributed by atoms with Crippen molar-refractivity contribution in [2.75, 3.05) is 16.6 Å². The van der Waals surface area contributed by atoms with Gasteiger partial charge in [-0.15, -0.1) is 0 Å². The van der Waals surface area contributed by atoms with Gasteiger partial charge in [0.1, 0.15) is 0 Å². The maximum absolute atomic E-state index is 12.0. The first-order valence-electron chi connectivity index (χ1n) is 7.00. The van der Waals surface area contributed by atoms with E-state index in [0.717, 1.165) is 11.3 Å². The number of nitrogens with zero attached hydrogens (tertiary/aromatic N) is 1. The predicted molar refractivity (Wildman–Crippen MR) is 90.3 cm³/mol. The van der Waals surface area contributed by atoms with Gasteiger partial charge in [0.2, 0.25) is 0 Å². The van der Waals surface area contributed by atoms with Gasteiger partial charge in [0.25, 0.3) is 0 Å². The Morgan fingerprint density at radius 2 is 2.00 bits per heavy atom. The highest BCUT2D eigenvalue weighted by Gasteiger charge is 2.22. The van der Waals surface area contributed by atoms with E-state index in [1.165, 1.54) is 12.4 Å². The fourth-order valence-electron chi connectivity index (χ4n) is 1.89. The molecule has 0 fully saturated rings. The summed E-state index contributed by atoms with van der Waals surface area (Å²) in [6.45, 7) is 3.82. The summed E-state index contributed by atoms with van der Waals surface area (Å²) in [5.41, 5.74) is 2.56. The highest BCUT2D eigenvalue weighted by molar-refractivity contribution is 8.07. The van der Waals surface area contributed by atoms with Crippen molar-refractivity contribution in [3.05, 3.63) is 48.3 Å². The van der Waals surface area contributed by atoms with E-state index >= 15 is 0 Å². The number of rotatable bonds is 5. The van der Waals surface area contributed by atoms with E-state index in [1.54, 1.807) is 13.0 Å². The van der Waals surface area contributed by atoms with Crippen molar-refractivity contribution in [2.24, 2.45) is 0 Å². The largest absolute Gasteiger partial charge is 0.356 e. The van der Waals surface area contributed by atoms with Crippen molar-refractivity contribution in [1.29, 1.82) is 0 Å². The van der Waals surface area contributed by atoms with Crippen LogP contribution in [-0.2, 0) is 10.0 Å². The minimum Gasteiger partial charge on any atom is -0.354 e. The fourth-order valence-corrected chi connectivity index (χ4v) is 2.77. The van der Waals surface area contributed by atoms with Crippen LogP contribution in [0, 0.1) is 6.92 Å². The zero-order valence-corrected chi connectivity index (χ0v) is 13.6. The summed E-state index contributed by atoms with van der Waals surface area (Å²) in [5, 5.41) is 4.28. The Morgan fingerprint density at radius 1 is 1.22 bits per heavy atom. The van der Waals surface area contributed by atoms with Gasteiger partial charge < -0.3 is 10.6 Å². The highest BCUT2D eigenvalue weighted by Crippen LogP contribution is 2.25. The lowest BCUT2D eigenvalue weighted by atomic mass is 10.2. The average molecular weight is 334 g/mol. The van der Waals surface area contributed by atoms with Crippen LogP contribution in [0.5, 0.6) is 0 Å². The van der Waals surface area contributed by atoms with Crippen LogP contribution < -0.4 is 15.4 Å². The average Bonchev–Trinajstić information content (AvgIpc) is 2.49. The molecule has 0 aliphatic heterocycles. The predicted octanol–water partition coefficient (Wildman–Crippen LogP) is 2.60. The first-order valence-corrected chi connectivity index (χ1v) is 8.49. The van der Waals surface area contributed by atoms with Gasteiger partial charge >= 0.3 is 15.3 Å². The topological polar surface area (TPSA) is 100 Å². The lowest BCUT2D eigenvalue weighted by Gasteiger charge is -2.13. The molecule has 0 bridgehead atoms. The van der Waals surface area contributed by atoms with Crippen molar-refractivity contribution < 1.29 is 13.2 Å². The number of carbonyl (C=O) groups excluding carboxylic acids is 1. The van der Waals surface area contributed by atoms with Gasteiger partial charge in [0.05, 0.1) is 17.6 Å². The van der Waals surface area contributed by atoms with E-state index < -0.39 is 15.3 Å². The van der Waals surface area contributed by atoms with E-state index in [2.05, 4.69) is 20.3 Å². The van der Waals surface area contributed by atoms with Crippen LogP contribution in [0.15, 0.2) is 42.7 Å². The summed E-state index contributed by atoms with van der Waals surface area (Å²) >= 11 is 0. The summed E-state index contributed by atoms with van der Waals surface area (Å²) in [7, 11) is -4.18. The second-order valence-corrected chi connectivity index (χ2v) is 6.42. The smallest absolute Gasteiger partial charge is 0.354 e. The highest BCUT2D eigenvalue weighted by atomic mass is 32.2. The second-order valence-electron chi connectivity index (χ2n) is 4.84.